The lowest BCUT2D eigenvalue weighted by molar-refractivity contribution is -0.0360. The Labute approximate surface area is 226 Å². The summed E-state index contributed by atoms with van der Waals surface area (Å²) >= 11 is 0.710. The summed E-state index contributed by atoms with van der Waals surface area (Å²) < 4.78 is 41.5. The van der Waals surface area contributed by atoms with Crippen molar-refractivity contribution in [1.29, 1.82) is 0 Å². The Balaban J connectivity index is 1.67. The zero-order valence-corrected chi connectivity index (χ0v) is 22.5. The number of aliphatic hydroxyl groups excluding tert-OH is 2. The molecule has 0 aliphatic carbocycles. The van der Waals surface area contributed by atoms with Gasteiger partial charge in [-0.15, -0.1) is 0 Å². The van der Waals surface area contributed by atoms with E-state index in [-0.39, 0.29) is 34.4 Å². The van der Waals surface area contributed by atoms with E-state index in [1.165, 1.54) is 16.9 Å². The number of nitrogens with zero attached hydrogens (tertiary/aromatic N) is 3. The van der Waals surface area contributed by atoms with Crippen molar-refractivity contribution in [3.05, 3.63) is 47.4 Å². The molecule has 1 aromatic carbocycles. The summed E-state index contributed by atoms with van der Waals surface area (Å²) in [4.78, 5) is 30.1. The van der Waals surface area contributed by atoms with Crippen LogP contribution >= 0.6 is 11.3 Å². The maximum Gasteiger partial charge on any atom is 0.412 e. The number of anilines is 2. The Kier molecular flexibility index (Phi) is 8.30. The molecule has 0 bridgehead atoms. The maximum absolute atomic E-state index is 14.5. The molecule has 1 aliphatic rings. The quantitative estimate of drug-likeness (QED) is 0.363. The molecule has 2 amide bonds. The number of benzene rings is 1. The Morgan fingerprint density at radius 3 is 2.51 bits per heavy atom. The predicted molar refractivity (Wildman–Crippen MR) is 138 cm³/mol. The number of aryl methyl sites for hydroxylation is 1. The highest BCUT2D eigenvalue weighted by Crippen LogP contribution is 2.37. The van der Waals surface area contributed by atoms with Crippen LogP contribution in [0.2, 0.25) is 0 Å². The smallest absolute Gasteiger partial charge is 0.412 e. The van der Waals surface area contributed by atoms with E-state index in [0.29, 0.717) is 23.5 Å². The van der Waals surface area contributed by atoms with Crippen molar-refractivity contribution in [2.45, 2.75) is 57.5 Å². The molecule has 3 atom stereocenters. The van der Waals surface area contributed by atoms with E-state index < -0.39 is 53.1 Å². The van der Waals surface area contributed by atoms with E-state index >= 15 is 0 Å². The molecule has 3 aromatic rings. The van der Waals surface area contributed by atoms with Gasteiger partial charge in [-0.05, 0) is 45.7 Å². The van der Waals surface area contributed by atoms with E-state index in [0.717, 1.165) is 12.1 Å². The third-order valence-electron chi connectivity index (χ3n) is 5.81. The number of aromatic nitrogens is 3. The largest absolute Gasteiger partial charge is 0.444 e. The molecule has 1 fully saturated rings. The molecule has 210 valence electrons. The van der Waals surface area contributed by atoms with Gasteiger partial charge in [0, 0.05) is 7.05 Å². The minimum atomic E-state index is -1.05. The molecule has 1 unspecified atom stereocenters. The van der Waals surface area contributed by atoms with Gasteiger partial charge in [-0.2, -0.15) is 5.10 Å². The molecule has 4 rings (SSSR count). The first-order valence-electron chi connectivity index (χ1n) is 12.1. The van der Waals surface area contributed by atoms with Crippen molar-refractivity contribution in [2.75, 3.05) is 17.2 Å². The molecule has 3 heterocycles. The lowest BCUT2D eigenvalue weighted by Crippen LogP contribution is -2.28. The number of hydrogen-bond donors (Lipinski definition) is 4. The summed E-state index contributed by atoms with van der Waals surface area (Å²) in [5, 5.41) is 29.0. The van der Waals surface area contributed by atoms with Crippen LogP contribution in [0.4, 0.5) is 24.3 Å². The van der Waals surface area contributed by atoms with E-state index in [1.807, 2.05) is 0 Å². The number of thiazole rings is 1. The Morgan fingerprint density at radius 1 is 1.15 bits per heavy atom. The number of hydrogen-bond acceptors (Lipinski definition) is 9. The van der Waals surface area contributed by atoms with Crippen LogP contribution in [0.3, 0.4) is 0 Å². The van der Waals surface area contributed by atoms with Gasteiger partial charge in [-0.3, -0.25) is 14.8 Å². The van der Waals surface area contributed by atoms with Crippen molar-refractivity contribution in [3.63, 3.8) is 0 Å². The Bertz CT molecular complexity index is 1340. The molecule has 1 aliphatic heterocycles. The van der Waals surface area contributed by atoms with Crippen LogP contribution in [0.25, 0.3) is 10.6 Å². The molecule has 39 heavy (non-hydrogen) atoms. The third-order valence-corrected chi connectivity index (χ3v) is 6.80. The second-order valence-corrected chi connectivity index (χ2v) is 11.0. The lowest BCUT2D eigenvalue weighted by Gasteiger charge is -2.19. The summed E-state index contributed by atoms with van der Waals surface area (Å²) in [6.07, 6.45) is -1.48. The van der Waals surface area contributed by atoms with Gasteiger partial charge in [-0.25, -0.2) is 18.6 Å². The van der Waals surface area contributed by atoms with Gasteiger partial charge in [0.25, 0.3) is 5.91 Å². The first-order valence-corrected chi connectivity index (χ1v) is 12.9. The van der Waals surface area contributed by atoms with Crippen molar-refractivity contribution < 1.29 is 38.1 Å². The standard InChI is InChI=1S/C25H29F2N5O6S/c1-25(2,3)38-24(36)31-23-19(30-22(39-23)18-12(26)6-5-7-13(18)27)21(35)29-14-10-28-32(4)20(14)17-9-8-15(33)16(34)11-37-17/h5-7,10,15-17,33-34H,8-9,11H2,1-4H3,(H,29,35)(H,31,36)/t15-,16+,17?/m1/s1. The van der Waals surface area contributed by atoms with Gasteiger partial charge in [0.1, 0.15) is 39.5 Å². The second-order valence-electron chi connectivity index (χ2n) is 9.98. The average Bonchev–Trinajstić information content (AvgIpc) is 3.35. The number of carbonyl (C=O) groups excluding carboxylic acids is 2. The lowest BCUT2D eigenvalue weighted by atomic mass is 10.1. The zero-order chi connectivity index (χ0) is 28.5. The van der Waals surface area contributed by atoms with Gasteiger partial charge in [0.2, 0.25) is 0 Å². The molecule has 1 saturated heterocycles. The number of halogens is 2. The second kappa shape index (κ2) is 11.3. The van der Waals surface area contributed by atoms with Crippen LogP contribution in [-0.2, 0) is 16.5 Å². The fourth-order valence-corrected chi connectivity index (χ4v) is 5.01. The van der Waals surface area contributed by atoms with Crippen LogP contribution < -0.4 is 10.6 Å². The van der Waals surface area contributed by atoms with Crippen LogP contribution in [0.15, 0.2) is 24.4 Å². The SMILES string of the molecule is Cn1ncc(NC(=O)c2nc(-c3c(F)cccc3F)sc2NC(=O)OC(C)(C)C)c1C1CC[C@@H](O)[C@@H](O)CO1. The highest BCUT2D eigenvalue weighted by atomic mass is 32.1. The zero-order valence-electron chi connectivity index (χ0n) is 21.7. The molecule has 0 radical (unpaired) electrons. The fraction of sp³-hybridized carbons (Fsp3) is 0.440. The number of nitrogens with one attached hydrogen (secondary N) is 2. The Morgan fingerprint density at radius 2 is 1.85 bits per heavy atom. The van der Waals surface area contributed by atoms with Gasteiger partial charge in [-0.1, -0.05) is 17.4 Å². The highest BCUT2D eigenvalue weighted by molar-refractivity contribution is 7.19. The van der Waals surface area contributed by atoms with Gasteiger partial charge in [0.15, 0.2) is 5.69 Å². The summed E-state index contributed by atoms with van der Waals surface area (Å²) in [6.45, 7) is 4.86. The Hall–Kier alpha value is -3.46. The van der Waals surface area contributed by atoms with Gasteiger partial charge >= 0.3 is 6.09 Å². The predicted octanol–water partition coefficient (Wildman–Crippen LogP) is 3.99. The van der Waals surface area contributed by atoms with E-state index in [1.54, 1.807) is 27.8 Å². The molecule has 11 nitrogen and oxygen atoms in total. The molecule has 14 heteroatoms. The normalized spacial score (nSPS) is 19.8. The van der Waals surface area contributed by atoms with Crippen LogP contribution in [0.1, 0.15) is 55.9 Å². The van der Waals surface area contributed by atoms with Gasteiger partial charge < -0.3 is 25.0 Å². The number of ether oxygens (including phenoxy) is 2. The monoisotopic (exact) mass is 565 g/mol. The minimum absolute atomic E-state index is 0.0817. The maximum atomic E-state index is 14.5. The molecule has 4 N–H and O–H groups in total. The van der Waals surface area contributed by atoms with E-state index in [4.69, 9.17) is 9.47 Å². The first-order chi connectivity index (χ1) is 18.3. The van der Waals surface area contributed by atoms with Crippen molar-refractivity contribution in [2.24, 2.45) is 7.05 Å². The summed E-state index contributed by atoms with van der Waals surface area (Å²) in [5.74, 6) is -2.56. The molecule has 2 aromatic heterocycles. The van der Waals surface area contributed by atoms with Gasteiger partial charge in [0.05, 0.1) is 35.9 Å². The molecular weight excluding hydrogens is 536 g/mol. The van der Waals surface area contributed by atoms with E-state index in [2.05, 4.69) is 20.7 Å². The minimum Gasteiger partial charge on any atom is -0.444 e. The van der Waals surface area contributed by atoms with Crippen LogP contribution in [0, 0.1) is 11.6 Å². The average molecular weight is 566 g/mol. The van der Waals surface area contributed by atoms with Crippen LogP contribution in [0.5, 0.6) is 0 Å². The molecule has 0 saturated carbocycles. The summed E-state index contributed by atoms with van der Waals surface area (Å²) in [6, 6.07) is 3.32. The summed E-state index contributed by atoms with van der Waals surface area (Å²) in [7, 11) is 1.64. The number of aliphatic hydroxyl groups is 2. The fourth-order valence-electron chi connectivity index (χ4n) is 4.01. The van der Waals surface area contributed by atoms with Crippen molar-refractivity contribution in [3.8, 4) is 10.6 Å². The first kappa shape index (κ1) is 28.5. The number of carbonyl (C=O) groups is 2. The number of rotatable bonds is 5. The number of amides is 2. The molecule has 0 spiro atoms. The summed E-state index contributed by atoms with van der Waals surface area (Å²) in [5.41, 5.74) is -0.858. The topological polar surface area (TPSA) is 148 Å². The molecular formula is C25H29F2N5O6S. The van der Waals surface area contributed by atoms with Crippen molar-refractivity contribution >= 4 is 34.0 Å². The highest BCUT2D eigenvalue weighted by Gasteiger charge is 2.31. The third kappa shape index (κ3) is 6.58. The van der Waals surface area contributed by atoms with Crippen molar-refractivity contribution in [1.82, 2.24) is 14.8 Å². The van der Waals surface area contributed by atoms with Crippen LogP contribution in [-0.4, -0.2) is 61.4 Å². The van der Waals surface area contributed by atoms with E-state index in [9.17, 15) is 28.6 Å².